The molecule has 1 aromatic heterocycles. The minimum Gasteiger partial charge on any atom is -0.484 e. The highest BCUT2D eigenvalue weighted by Crippen LogP contribution is 2.25. The third-order valence-corrected chi connectivity index (χ3v) is 5.08. The van der Waals surface area contributed by atoms with Crippen molar-refractivity contribution in [2.24, 2.45) is 0 Å². The number of ether oxygens (including phenoxy) is 2. The summed E-state index contributed by atoms with van der Waals surface area (Å²) in [5.41, 5.74) is 1.64. The van der Waals surface area contributed by atoms with Gasteiger partial charge >= 0.3 is 6.61 Å². The highest BCUT2D eigenvalue weighted by Gasteiger charge is 2.14. The van der Waals surface area contributed by atoms with Crippen molar-refractivity contribution < 1.29 is 27.5 Å². The number of aromatic nitrogens is 2. The van der Waals surface area contributed by atoms with Gasteiger partial charge in [-0.2, -0.15) is 8.78 Å². The lowest BCUT2D eigenvalue weighted by molar-refractivity contribution is -0.0498. The Morgan fingerprint density at radius 3 is 2.29 bits per heavy atom. The van der Waals surface area contributed by atoms with Gasteiger partial charge in [0.15, 0.2) is 12.4 Å². The lowest BCUT2D eigenvalue weighted by atomic mass is 9.87. The summed E-state index contributed by atoms with van der Waals surface area (Å²) in [6, 6.07) is 13.3. The lowest BCUT2D eigenvalue weighted by Gasteiger charge is -2.19. The van der Waals surface area contributed by atoms with Crippen LogP contribution in [0, 0.1) is 0 Å². The number of nitrogens with zero attached hydrogens (tertiary/aromatic N) is 2. The van der Waals surface area contributed by atoms with Gasteiger partial charge in [-0.15, -0.1) is 10.2 Å². The molecule has 9 heteroatoms. The molecule has 2 aromatic carbocycles. The molecule has 0 fully saturated rings. The van der Waals surface area contributed by atoms with E-state index in [9.17, 15) is 13.6 Å². The molecule has 0 radical (unpaired) electrons. The summed E-state index contributed by atoms with van der Waals surface area (Å²) in [6.45, 7) is 3.63. The van der Waals surface area contributed by atoms with E-state index < -0.39 is 6.61 Å². The minimum absolute atomic E-state index is 0.00575. The quantitative estimate of drug-likeness (QED) is 0.315. The maximum absolute atomic E-state index is 12.2. The smallest absolute Gasteiger partial charge is 0.387 e. The van der Waals surface area contributed by atoms with Gasteiger partial charge in [0.25, 0.3) is 11.1 Å². The second-order valence-electron chi connectivity index (χ2n) is 7.64. The number of alkyl halides is 2. The summed E-state index contributed by atoms with van der Waals surface area (Å²) in [5, 5.41) is 8.06. The predicted molar refractivity (Wildman–Crippen MR) is 112 cm³/mol. The molecule has 0 bridgehead atoms. The van der Waals surface area contributed by atoms with E-state index >= 15 is 0 Å². The second-order valence-corrected chi connectivity index (χ2v) is 8.57. The van der Waals surface area contributed by atoms with Gasteiger partial charge < -0.3 is 13.9 Å². The molecule has 0 amide bonds. The maximum Gasteiger partial charge on any atom is 0.387 e. The number of ketones is 1. The molecule has 0 saturated carbocycles. The van der Waals surface area contributed by atoms with Gasteiger partial charge in [0.2, 0.25) is 0 Å². The SMILES string of the molecule is CC(C)(C)c1ccc(OCc2nnc(SCC(=O)c3ccc(OC(F)F)cc3)o2)cc1. The Balaban J connectivity index is 1.48. The largest absolute Gasteiger partial charge is 0.484 e. The molecule has 0 saturated heterocycles. The molecule has 3 aromatic rings. The van der Waals surface area contributed by atoms with E-state index in [1.165, 1.54) is 29.8 Å². The molecular formula is C22H22F2N2O4S. The lowest BCUT2D eigenvalue weighted by Crippen LogP contribution is -2.10. The van der Waals surface area contributed by atoms with Crippen molar-refractivity contribution in [1.29, 1.82) is 0 Å². The van der Waals surface area contributed by atoms with Crippen LogP contribution in [0.1, 0.15) is 42.6 Å². The average Bonchev–Trinajstić information content (AvgIpc) is 3.18. The normalized spacial score (nSPS) is 11.5. The van der Waals surface area contributed by atoms with E-state index in [1.54, 1.807) is 0 Å². The Hall–Kier alpha value is -2.94. The molecule has 6 nitrogen and oxygen atoms in total. The molecule has 0 N–H and O–H groups in total. The number of benzene rings is 2. The Morgan fingerprint density at radius 2 is 1.68 bits per heavy atom. The van der Waals surface area contributed by atoms with Crippen LogP contribution in [0.25, 0.3) is 0 Å². The van der Waals surface area contributed by atoms with Crippen molar-refractivity contribution in [3.8, 4) is 11.5 Å². The van der Waals surface area contributed by atoms with Gasteiger partial charge in [-0.3, -0.25) is 4.79 Å². The van der Waals surface area contributed by atoms with E-state index in [2.05, 4.69) is 35.7 Å². The molecule has 0 spiro atoms. The third-order valence-electron chi connectivity index (χ3n) is 4.26. The van der Waals surface area contributed by atoms with Crippen LogP contribution in [-0.4, -0.2) is 28.3 Å². The zero-order valence-corrected chi connectivity index (χ0v) is 18.1. The molecular weight excluding hydrogens is 426 g/mol. The highest BCUT2D eigenvalue weighted by molar-refractivity contribution is 7.99. The Labute approximate surface area is 183 Å². The predicted octanol–water partition coefficient (Wildman–Crippen LogP) is 5.52. The first-order valence-electron chi connectivity index (χ1n) is 9.47. The topological polar surface area (TPSA) is 74.5 Å². The summed E-state index contributed by atoms with van der Waals surface area (Å²) >= 11 is 1.09. The third kappa shape index (κ3) is 6.78. The molecule has 0 unspecified atom stereocenters. The molecule has 3 rings (SSSR count). The molecule has 0 atom stereocenters. The van der Waals surface area contributed by atoms with Crippen molar-refractivity contribution in [3.63, 3.8) is 0 Å². The van der Waals surface area contributed by atoms with E-state index in [0.29, 0.717) is 17.2 Å². The van der Waals surface area contributed by atoms with Gasteiger partial charge in [0.1, 0.15) is 11.5 Å². The van der Waals surface area contributed by atoms with E-state index in [-0.39, 0.29) is 34.5 Å². The van der Waals surface area contributed by atoms with E-state index in [1.807, 2.05) is 24.3 Å². The van der Waals surface area contributed by atoms with Gasteiger partial charge in [-0.1, -0.05) is 44.7 Å². The van der Waals surface area contributed by atoms with Crippen molar-refractivity contribution in [3.05, 3.63) is 65.5 Å². The average molecular weight is 448 g/mol. The van der Waals surface area contributed by atoms with Crippen LogP contribution in [0.2, 0.25) is 0 Å². The summed E-state index contributed by atoms with van der Waals surface area (Å²) in [5.74, 6) is 0.835. The maximum atomic E-state index is 12.2. The van der Waals surface area contributed by atoms with Gasteiger partial charge in [0, 0.05) is 5.56 Å². The van der Waals surface area contributed by atoms with Gasteiger partial charge in [-0.25, -0.2) is 0 Å². The van der Waals surface area contributed by atoms with Crippen LogP contribution in [0.5, 0.6) is 11.5 Å². The molecule has 164 valence electrons. The van der Waals surface area contributed by atoms with Crippen LogP contribution in [0.15, 0.2) is 58.2 Å². The van der Waals surface area contributed by atoms with E-state index in [0.717, 1.165) is 11.8 Å². The highest BCUT2D eigenvalue weighted by atomic mass is 32.2. The molecule has 31 heavy (non-hydrogen) atoms. The number of Topliss-reactive ketones (excluding diaryl/α,β-unsaturated/α-hetero) is 1. The monoisotopic (exact) mass is 448 g/mol. The van der Waals surface area contributed by atoms with Crippen molar-refractivity contribution in [2.45, 2.75) is 44.6 Å². The zero-order valence-electron chi connectivity index (χ0n) is 17.3. The Kier molecular flexibility index (Phi) is 7.27. The van der Waals surface area contributed by atoms with Crippen molar-refractivity contribution >= 4 is 17.5 Å². The molecule has 0 aliphatic rings. The zero-order chi connectivity index (χ0) is 22.4. The summed E-state index contributed by atoms with van der Waals surface area (Å²) in [4.78, 5) is 12.2. The molecule has 1 heterocycles. The standard InChI is InChI=1S/C22H22F2N2O4S/c1-22(2,3)15-6-10-16(11-7-15)28-12-19-25-26-21(30-19)31-13-18(27)14-4-8-17(9-5-14)29-20(23)24/h4-11,20H,12-13H2,1-3H3. The number of halogens is 2. The van der Waals surface area contributed by atoms with Crippen LogP contribution < -0.4 is 9.47 Å². The van der Waals surface area contributed by atoms with Crippen LogP contribution in [0.4, 0.5) is 8.78 Å². The number of hydrogen-bond acceptors (Lipinski definition) is 7. The number of carbonyl (C=O) groups excluding carboxylic acids is 1. The van der Waals surface area contributed by atoms with E-state index in [4.69, 9.17) is 9.15 Å². The minimum atomic E-state index is -2.91. The van der Waals surface area contributed by atoms with Crippen molar-refractivity contribution in [2.75, 3.05) is 5.75 Å². The number of carbonyl (C=O) groups is 1. The second kappa shape index (κ2) is 9.91. The Bertz CT molecular complexity index is 1000. The fourth-order valence-corrected chi connectivity index (χ4v) is 3.26. The number of thioether (sulfide) groups is 1. The number of hydrogen-bond donors (Lipinski definition) is 0. The van der Waals surface area contributed by atoms with Crippen LogP contribution >= 0.6 is 11.8 Å². The van der Waals surface area contributed by atoms with Gasteiger partial charge in [0.05, 0.1) is 5.75 Å². The Morgan fingerprint density at radius 1 is 1.03 bits per heavy atom. The summed E-state index contributed by atoms with van der Waals surface area (Å²) in [6.07, 6.45) is 0. The summed E-state index contributed by atoms with van der Waals surface area (Å²) in [7, 11) is 0. The summed E-state index contributed by atoms with van der Waals surface area (Å²) < 4.78 is 39.8. The fraction of sp³-hybridized carbons (Fsp3) is 0.318. The molecule has 0 aliphatic carbocycles. The molecule has 0 aliphatic heterocycles. The fourth-order valence-electron chi connectivity index (χ4n) is 2.58. The van der Waals surface area contributed by atoms with Crippen LogP contribution in [-0.2, 0) is 12.0 Å². The number of rotatable bonds is 9. The first-order chi connectivity index (χ1) is 14.7. The first kappa shape index (κ1) is 22.7. The van der Waals surface area contributed by atoms with Gasteiger partial charge in [-0.05, 0) is 47.4 Å². The van der Waals surface area contributed by atoms with Crippen LogP contribution in [0.3, 0.4) is 0 Å². The van der Waals surface area contributed by atoms with Crippen molar-refractivity contribution in [1.82, 2.24) is 10.2 Å². The first-order valence-corrected chi connectivity index (χ1v) is 10.5.